The van der Waals surface area contributed by atoms with Gasteiger partial charge in [-0.2, -0.15) is 0 Å². The van der Waals surface area contributed by atoms with Crippen molar-refractivity contribution >= 4 is 15.9 Å². The molecule has 0 aliphatic rings. The SMILES string of the molecule is O=c1[nH]cc(C(O)C(O)CCBr)cc1O. The van der Waals surface area contributed by atoms with Gasteiger partial charge in [0.1, 0.15) is 6.10 Å². The fourth-order valence-corrected chi connectivity index (χ4v) is 1.62. The molecule has 0 radical (unpaired) electrons. The van der Waals surface area contributed by atoms with Crippen LogP contribution in [0.15, 0.2) is 17.1 Å². The Morgan fingerprint density at radius 1 is 1.47 bits per heavy atom. The average molecular weight is 278 g/mol. The Balaban J connectivity index is 2.86. The van der Waals surface area contributed by atoms with Crippen molar-refractivity contribution in [1.82, 2.24) is 4.98 Å². The minimum Gasteiger partial charge on any atom is -0.503 e. The van der Waals surface area contributed by atoms with E-state index in [0.717, 1.165) is 6.07 Å². The summed E-state index contributed by atoms with van der Waals surface area (Å²) >= 11 is 3.14. The van der Waals surface area contributed by atoms with Gasteiger partial charge in [-0.15, -0.1) is 0 Å². The number of hydrogen-bond donors (Lipinski definition) is 4. The van der Waals surface area contributed by atoms with Crippen LogP contribution in [0.3, 0.4) is 0 Å². The first kappa shape index (κ1) is 12.2. The molecule has 2 unspecified atom stereocenters. The number of halogens is 1. The molecule has 84 valence electrons. The van der Waals surface area contributed by atoms with Gasteiger partial charge in [0.25, 0.3) is 5.56 Å². The second kappa shape index (κ2) is 5.29. The summed E-state index contributed by atoms with van der Waals surface area (Å²) < 4.78 is 0. The van der Waals surface area contributed by atoms with Crippen LogP contribution in [-0.4, -0.2) is 31.7 Å². The third-order valence-electron chi connectivity index (χ3n) is 2.02. The number of aromatic hydroxyl groups is 1. The van der Waals surface area contributed by atoms with Crippen LogP contribution >= 0.6 is 15.9 Å². The fourth-order valence-electron chi connectivity index (χ4n) is 1.15. The summed E-state index contributed by atoms with van der Waals surface area (Å²) in [6.07, 6.45) is -0.412. The van der Waals surface area contributed by atoms with E-state index >= 15 is 0 Å². The Kier molecular flexibility index (Phi) is 4.31. The lowest BCUT2D eigenvalue weighted by Crippen LogP contribution is -2.19. The van der Waals surface area contributed by atoms with Crippen LogP contribution in [0.1, 0.15) is 18.1 Å². The Morgan fingerprint density at radius 2 is 2.13 bits per heavy atom. The van der Waals surface area contributed by atoms with Crippen molar-refractivity contribution in [3.05, 3.63) is 28.2 Å². The average Bonchev–Trinajstić information content (AvgIpc) is 2.21. The molecule has 1 aromatic rings. The van der Waals surface area contributed by atoms with Gasteiger partial charge in [-0.3, -0.25) is 4.79 Å². The lowest BCUT2D eigenvalue weighted by molar-refractivity contribution is 0.0170. The van der Waals surface area contributed by atoms with Gasteiger partial charge in [-0.1, -0.05) is 15.9 Å². The highest BCUT2D eigenvalue weighted by Gasteiger charge is 2.18. The molecule has 1 aromatic heterocycles. The number of aromatic amines is 1. The van der Waals surface area contributed by atoms with Crippen molar-refractivity contribution in [2.24, 2.45) is 0 Å². The molecule has 0 spiro atoms. The van der Waals surface area contributed by atoms with E-state index in [-0.39, 0.29) is 5.56 Å². The summed E-state index contributed by atoms with van der Waals surface area (Å²) in [6.45, 7) is 0. The summed E-state index contributed by atoms with van der Waals surface area (Å²) in [6, 6.07) is 1.14. The Morgan fingerprint density at radius 3 is 2.67 bits per heavy atom. The lowest BCUT2D eigenvalue weighted by Gasteiger charge is -2.16. The van der Waals surface area contributed by atoms with Crippen LogP contribution in [0, 0.1) is 0 Å². The molecule has 0 bridgehead atoms. The molecule has 0 aliphatic heterocycles. The maximum absolute atomic E-state index is 10.8. The molecule has 5 nitrogen and oxygen atoms in total. The molecule has 0 fully saturated rings. The van der Waals surface area contributed by atoms with Crippen molar-refractivity contribution in [1.29, 1.82) is 0 Å². The van der Waals surface area contributed by atoms with Crippen molar-refractivity contribution in [2.45, 2.75) is 18.6 Å². The molecule has 0 aliphatic carbocycles. The van der Waals surface area contributed by atoms with Gasteiger partial charge in [0.05, 0.1) is 6.10 Å². The number of aliphatic hydroxyl groups excluding tert-OH is 2. The summed E-state index contributed by atoms with van der Waals surface area (Å²) in [5.74, 6) is -0.474. The summed E-state index contributed by atoms with van der Waals surface area (Å²) in [4.78, 5) is 13.1. The molecule has 15 heavy (non-hydrogen) atoms. The van der Waals surface area contributed by atoms with Crippen LogP contribution in [0.2, 0.25) is 0 Å². The van der Waals surface area contributed by atoms with Crippen LogP contribution < -0.4 is 5.56 Å². The van der Waals surface area contributed by atoms with Crippen molar-refractivity contribution in [2.75, 3.05) is 5.33 Å². The van der Waals surface area contributed by atoms with Crippen molar-refractivity contribution in [3.63, 3.8) is 0 Å². The third kappa shape index (κ3) is 3.05. The standard InChI is InChI=1S/C9H12BrNO4/c10-2-1-6(12)8(14)5-3-7(13)9(15)11-4-5/h3-4,6,8,12-14H,1-2H2,(H,11,15). The van der Waals surface area contributed by atoms with Crippen LogP contribution in [0.5, 0.6) is 5.75 Å². The zero-order valence-electron chi connectivity index (χ0n) is 7.85. The largest absolute Gasteiger partial charge is 0.503 e. The van der Waals surface area contributed by atoms with Gasteiger partial charge in [0.15, 0.2) is 5.75 Å². The van der Waals surface area contributed by atoms with Crippen molar-refractivity contribution in [3.8, 4) is 5.75 Å². The summed E-state index contributed by atoms with van der Waals surface area (Å²) in [5, 5.41) is 28.8. The lowest BCUT2D eigenvalue weighted by atomic mass is 10.0. The molecular weight excluding hydrogens is 266 g/mol. The van der Waals surface area contributed by atoms with Gasteiger partial charge >= 0.3 is 0 Å². The quantitative estimate of drug-likeness (QED) is 0.594. The third-order valence-corrected chi connectivity index (χ3v) is 2.47. The number of alkyl halides is 1. The topological polar surface area (TPSA) is 93.6 Å². The first-order valence-corrected chi connectivity index (χ1v) is 5.52. The number of hydrogen-bond acceptors (Lipinski definition) is 4. The second-order valence-corrected chi connectivity index (χ2v) is 3.93. The van der Waals surface area contributed by atoms with Crippen molar-refractivity contribution < 1.29 is 15.3 Å². The number of rotatable bonds is 4. The van der Waals surface area contributed by atoms with Gasteiger partial charge in [0, 0.05) is 17.1 Å². The molecule has 0 amide bonds. The molecule has 4 N–H and O–H groups in total. The van der Waals surface area contributed by atoms with Crippen LogP contribution in [0.25, 0.3) is 0 Å². The van der Waals surface area contributed by atoms with Gasteiger partial charge in [-0.25, -0.2) is 0 Å². The zero-order valence-corrected chi connectivity index (χ0v) is 9.44. The molecule has 0 aromatic carbocycles. The van der Waals surface area contributed by atoms with Gasteiger partial charge in [0.2, 0.25) is 0 Å². The van der Waals surface area contributed by atoms with E-state index in [2.05, 4.69) is 20.9 Å². The smallest absolute Gasteiger partial charge is 0.290 e. The maximum Gasteiger partial charge on any atom is 0.290 e. The number of nitrogens with one attached hydrogen (secondary N) is 1. The monoisotopic (exact) mass is 277 g/mol. The molecule has 2 atom stereocenters. The molecule has 1 heterocycles. The highest BCUT2D eigenvalue weighted by molar-refractivity contribution is 9.09. The molecule has 1 rings (SSSR count). The first-order valence-electron chi connectivity index (χ1n) is 4.40. The van der Waals surface area contributed by atoms with Crippen LogP contribution in [-0.2, 0) is 0 Å². The van der Waals surface area contributed by atoms with E-state index in [1.54, 1.807) is 0 Å². The van der Waals surface area contributed by atoms with Gasteiger partial charge < -0.3 is 20.3 Å². The predicted octanol–water partition coefficient (Wildman–Crippen LogP) is 0.260. The number of H-pyrrole nitrogens is 1. The number of aliphatic hydroxyl groups is 2. The zero-order chi connectivity index (χ0) is 11.4. The number of aromatic nitrogens is 1. The highest BCUT2D eigenvalue weighted by Crippen LogP contribution is 2.19. The second-order valence-electron chi connectivity index (χ2n) is 3.14. The highest BCUT2D eigenvalue weighted by atomic mass is 79.9. The molecular formula is C9H12BrNO4. The van der Waals surface area contributed by atoms with Gasteiger partial charge in [-0.05, 0) is 12.5 Å². The fraction of sp³-hybridized carbons (Fsp3) is 0.444. The first-order chi connectivity index (χ1) is 7.06. The van der Waals surface area contributed by atoms with E-state index < -0.39 is 23.5 Å². The Labute approximate surface area is 94.5 Å². The van der Waals surface area contributed by atoms with E-state index in [9.17, 15) is 15.0 Å². The maximum atomic E-state index is 10.8. The van der Waals surface area contributed by atoms with E-state index in [4.69, 9.17) is 5.11 Å². The molecule has 0 saturated carbocycles. The molecule has 6 heteroatoms. The predicted molar refractivity (Wildman–Crippen MR) is 58.1 cm³/mol. The minimum absolute atomic E-state index is 0.278. The Hall–Kier alpha value is -0.850. The summed E-state index contributed by atoms with van der Waals surface area (Å²) in [5.41, 5.74) is -0.346. The van der Waals surface area contributed by atoms with E-state index in [0.29, 0.717) is 11.8 Å². The normalized spacial score (nSPS) is 14.9. The van der Waals surface area contributed by atoms with E-state index in [1.807, 2.05) is 0 Å². The number of pyridine rings is 1. The molecule has 0 saturated heterocycles. The van der Waals surface area contributed by atoms with Crippen LogP contribution in [0.4, 0.5) is 0 Å². The van der Waals surface area contributed by atoms with E-state index in [1.165, 1.54) is 6.20 Å². The summed E-state index contributed by atoms with van der Waals surface area (Å²) in [7, 11) is 0. The Bertz CT molecular complexity index is 379. The minimum atomic E-state index is -1.12.